The second-order valence-corrected chi connectivity index (χ2v) is 9.31. The zero-order valence-electron chi connectivity index (χ0n) is 16.6. The molecule has 1 aliphatic carbocycles. The highest BCUT2D eigenvalue weighted by Gasteiger charge is 2.42. The Balaban J connectivity index is 1.86. The van der Waals surface area contributed by atoms with Gasteiger partial charge in [-0.1, -0.05) is 22.0 Å². The van der Waals surface area contributed by atoms with Crippen LogP contribution in [0.2, 0.25) is 0 Å². The van der Waals surface area contributed by atoms with Gasteiger partial charge in [0.25, 0.3) is 0 Å². The molecule has 0 amide bonds. The molecule has 4 nitrogen and oxygen atoms in total. The second-order valence-electron chi connectivity index (χ2n) is 7.42. The first kappa shape index (κ1) is 21.0. The molecule has 7 heteroatoms. The minimum Gasteiger partial charge on any atom is -0.463 e. The summed E-state index contributed by atoms with van der Waals surface area (Å²) in [5.74, 6) is -1.78. The molecule has 2 aromatic rings. The molecule has 0 spiro atoms. The van der Waals surface area contributed by atoms with Gasteiger partial charge in [-0.05, 0) is 49.9 Å². The van der Waals surface area contributed by atoms with Gasteiger partial charge in [0.1, 0.15) is 5.82 Å². The van der Waals surface area contributed by atoms with Crippen molar-refractivity contribution in [2.24, 2.45) is 0 Å². The molecule has 2 atom stereocenters. The first-order chi connectivity index (χ1) is 14.4. The number of carbonyl (C=O) groups is 2. The molecule has 0 radical (unpaired) electrons. The van der Waals surface area contributed by atoms with Crippen LogP contribution >= 0.6 is 27.3 Å². The van der Waals surface area contributed by atoms with Crippen LogP contribution in [0.5, 0.6) is 0 Å². The molecule has 1 aromatic heterocycles. The van der Waals surface area contributed by atoms with Crippen LogP contribution in [0.25, 0.3) is 0 Å². The number of hydrogen-bond donors (Lipinski definition) is 1. The molecule has 1 aromatic carbocycles. The van der Waals surface area contributed by atoms with Crippen LogP contribution in [0, 0.1) is 5.82 Å². The third-order valence-corrected chi connectivity index (χ3v) is 7.07. The Kier molecular flexibility index (Phi) is 5.93. The highest BCUT2D eigenvalue weighted by molar-refractivity contribution is 9.10. The van der Waals surface area contributed by atoms with Gasteiger partial charge in [0, 0.05) is 44.2 Å². The van der Waals surface area contributed by atoms with E-state index in [-0.39, 0.29) is 23.9 Å². The molecule has 0 saturated carbocycles. The predicted octanol–water partition coefficient (Wildman–Crippen LogP) is 5.57. The number of ether oxygens (including phenoxy) is 1. The van der Waals surface area contributed by atoms with Crippen molar-refractivity contribution in [1.29, 1.82) is 0 Å². The Bertz CT molecular complexity index is 1070. The number of halogens is 2. The summed E-state index contributed by atoms with van der Waals surface area (Å²) in [5.41, 5.74) is 2.41. The number of benzene rings is 1. The number of thiophene rings is 1. The quantitative estimate of drug-likeness (QED) is 0.569. The third kappa shape index (κ3) is 3.76. The van der Waals surface area contributed by atoms with E-state index in [0.717, 1.165) is 10.6 Å². The molecule has 4 rings (SSSR count). The van der Waals surface area contributed by atoms with Crippen LogP contribution in [0.15, 0.2) is 62.7 Å². The van der Waals surface area contributed by atoms with Gasteiger partial charge in [-0.25, -0.2) is 9.18 Å². The maximum Gasteiger partial charge on any atom is 0.336 e. The Morgan fingerprint density at radius 2 is 2.13 bits per heavy atom. The first-order valence-electron chi connectivity index (χ1n) is 9.80. The lowest BCUT2D eigenvalue weighted by Crippen LogP contribution is -2.36. The maximum atomic E-state index is 14.9. The van der Waals surface area contributed by atoms with E-state index in [9.17, 15) is 14.0 Å². The number of hydrogen-bond acceptors (Lipinski definition) is 5. The second kappa shape index (κ2) is 8.47. The molecule has 2 heterocycles. The van der Waals surface area contributed by atoms with Crippen molar-refractivity contribution < 1.29 is 18.7 Å². The minimum atomic E-state index is -0.797. The molecular weight excluding hydrogens is 469 g/mol. The highest BCUT2D eigenvalue weighted by atomic mass is 79.9. The molecule has 1 aliphatic heterocycles. The topological polar surface area (TPSA) is 55.4 Å². The van der Waals surface area contributed by atoms with Crippen LogP contribution < -0.4 is 5.32 Å². The summed E-state index contributed by atoms with van der Waals surface area (Å²) in [4.78, 5) is 27.3. The van der Waals surface area contributed by atoms with Gasteiger partial charge in [-0.2, -0.15) is 0 Å². The van der Waals surface area contributed by atoms with Gasteiger partial charge in [0.05, 0.1) is 18.1 Å². The van der Waals surface area contributed by atoms with Crippen molar-refractivity contribution in [1.82, 2.24) is 5.32 Å². The minimum absolute atomic E-state index is 0.0687. The lowest BCUT2D eigenvalue weighted by Gasteiger charge is -2.36. The lowest BCUT2D eigenvalue weighted by molar-refractivity contribution is -0.138. The fraction of sp³-hybridized carbons (Fsp3) is 0.304. The number of dihydropyridines is 1. The summed E-state index contributed by atoms with van der Waals surface area (Å²) < 4.78 is 20.9. The van der Waals surface area contributed by atoms with E-state index in [0.29, 0.717) is 34.1 Å². The summed E-state index contributed by atoms with van der Waals surface area (Å²) in [6.45, 7) is 3.70. The Labute approximate surface area is 187 Å². The Morgan fingerprint density at radius 3 is 2.83 bits per heavy atom. The molecule has 0 bridgehead atoms. The zero-order valence-corrected chi connectivity index (χ0v) is 19.0. The van der Waals surface area contributed by atoms with E-state index in [2.05, 4.69) is 21.2 Å². The molecule has 30 heavy (non-hydrogen) atoms. The van der Waals surface area contributed by atoms with E-state index in [1.54, 1.807) is 37.3 Å². The average Bonchev–Trinajstić information content (AvgIpc) is 3.23. The predicted molar refractivity (Wildman–Crippen MR) is 118 cm³/mol. The number of esters is 1. The van der Waals surface area contributed by atoms with Crippen LogP contribution in [0.3, 0.4) is 0 Å². The van der Waals surface area contributed by atoms with E-state index < -0.39 is 17.7 Å². The fourth-order valence-electron chi connectivity index (χ4n) is 4.29. The number of rotatable bonds is 4. The summed E-state index contributed by atoms with van der Waals surface area (Å²) in [7, 11) is 0. The normalized spacial score (nSPS) is 21.4. The maximum absolute atomic E-state index is 14.9. The number of Topliss-reactive ketones (excluding diaryl/α,β-unsaturated/α-hetero) is 1. The number of nitrogens with one attached hydrogen (secondary N) is 1. The van der Waals surface area contributed by atoms with Crippen molar-refractivity contribution in [2.75, 3.05) is 6.61 Å². The van der Waals surface area contributed by atoms with Crippen molar-refractivity contribution in [3.05, 3.63) is 79.0 Å². The van der Waals surface area contributed by atoms with Gasteiger partial charge in [0.15, 0.2) is 5.78 Å². The summed E-state index contributed by atoms with van der Waals surface area (Å²) in [5, 5.41) is 5.27. The monoisotopic (exact) mass is 489 g/mol. The number of carbonyl (C=O) groups excluding carboxylic acids is 2. The standard InChI is InChI=1S/C23H21BrFNO3S/c1-3-29-23(28)20-12(2)26-17-9-13(19-5-4-8-30-19)10-18(27)22(17)21(20)15-11-14(24)6-7-16(15)25/h4-8,11,13,21,26H,3,9-10H2,1-2H3/t13-,21+/m0/s1. The Hall–Kier alpha value is -2.25. The SMILES string of the molecule is CCOC(=O)C1=C(C)NC2=C(C(=O)C[C@@H](c3cccs3)C2)[C@@H]1c1cc(Br)ccc1F. The first-order valence-corrected chi connectivity index (χ1v) is 11.5. The smallest absolute Gasteiger partial charge is 0.336 e. The van der Waals surface area contributed by atoms with Crippen LogP contribution in [-0.2, 0) is 14.3 Å². The van der Waals surface area contributed by atoms with E-state index in [1.807, 2.05) is 17.5 Å². The van der Waals surface area contributed by atoms with Gasteiger partial charge in [0.2, 0.25) is 0 Å². The molecule has 2 aliphatic rings. The van der Waals surface area contributed by atoms with Crippen LogP contribution in [0.4, 0.5) is 4.39 Å². The average molecular weight is 490 g/mol. The van der Waals surface area contributed by atoms with Gasteiger partial charge in [-0.15, -0.1) is 11.3 Å². The number of allylic oxidation sites excluding steroid dienone is 3. The summed E-state index contributed by atoms with van der Waals surface area (Å²) in [6, 6.07) is 8.61. The summed E-state index contributed by atoms with van der Waals surface area (Å²) in [6.07, 6.45) is 0.976. The van der Waals surface area contributed by atoms with Gasteiger partial charge < -0.3 is 10.1 Å². The van der Waals surface area contributed by atoms with Crippen molar-refractivity contribution in [2.45, 2.75) is 38.5 Å². The van der Waals surface area contributed by atoms with Crippen molar-refractivity contribution in [3.63, 3.8) is 0 Å². The third-order valence-electron chi connectivity index (χ3n) is 5.54. The lowest BCUT2D eigenvalue weighted by atomic mass is 9.72. The fourth-order valence-corrected chi connectivity index (χ4v) is 5.50. The van der Waals surface area contributed by atoms with Crippen molar-refractivity contribution >= 4 is 39.0 Å². The highest BCUT2D eigenvalue weighted by Crippen LogP contribution is 2.47. The molecule has 0 unspecified atom stereocenters. The number of ketones is 1. The molecule has 0 saturated heterocycles. The van der Waals surface area contributed by atoms with Crippen LogP contribution in [-0.4, -0.2) is 18.4 Å². The van der Waals surface area contributed by atoms with Gasteiger partial charge in [-0.3, -0.25) is 4.79 Å². The molecule has 156 valence electrons. The van der Waals surface area contributed by atoms with Crippen LogP contribution in [0.1, 0.15) is 49.0 Å². The zero-order chi connectivity index (χ0) is 21.4. The van der Waals surface area contributed by atoms with Crippen molar-refractivity contribution in [3.8, 4) is 0 Å². The Morgan fingerprint density at radius 1 is 1.33 bits per heavy atom. The van der Waals surface area contributed by atoms with E-state index in [1.165, 1.54) is 6.07 Å². The van der Waals surface area contributed by atoms with E-state index >= 15 is 0 Å². The van der Waals surface area contributed by atoms with E-state index in [4.69, 9.17) is 4.74 Å². The van der Waals surface area contributed by atoms with Gasteiger partial charge >= 0.3 is 5.97 Å². The molecular formula is C23H21BrFNO3S. The molecule has 0 fully saturated rings. The molecule has 1 N–H and O–H groups in total. The largest absolute Gasteiger partial charge is 0.463 e. The summed E-state index contributed by atoms with van der Waals surface area (Å²) >= 11 is 5.02.